The molecule has 36 heavy (non-hydrogen) atoms. The molecule has 0 bridgehead atoms. The van der Waals surface area contributed by atoms with Gasteiger partial charge in [0, 0.05) is 49.4 Å². The Balaban J connectivity index is 1.08. The van der Waals surface area contributed by atoms with Crippen molar-refractivity contribution in [3.63, 3.8) is 0 Å². The molecule has 0 saturated carbocycles. The minimum absolute atomic E-state index is 0.113. The number of hydrogen-bond donors (Lipinski definition) is 1. The summed E-state index contributed by atoms with van der Waals surface area (Å²) in [5.41, 5.74) is 3.22. The number of fused-ring (bicyclic) bond motifs is 1. The number of rotatable bonds is 4. The SMILES string of the molecule is O=C(C1CCN(c2ccc(Cl)c(-c3nc4ccc(F)cc4[nH]3)c2)CC1)N1CCC(N2CCCC2)CC1. The average Bonchev–Trinajstić information content (AvgIpc) is 3.59. The van der Waals surface area contributed by atoms with Gasteiger partial charge in [0.1, 0.15) is 11.6 Å². The van der Waals surface area contributed by atoms with Crippen molar-refractivity contribution in [3.05, 3.63) is 47.2 Å². The number of hydrogen-bond acceptors (Lipinski definition) is 4. The van der Waals surface area contributed by atoms with E-state index < -0.39 is 0 Å². The van der Waals surface area contributed by atoms with Gasteiger partial charge in [0.2, 0.25) is 5.91 Å². The van der Waals surface area contributed by atoms with Gasteiger partial charge in [0.25, 0.3) is 0 Å². The summed E-state index contributed by atoms with van der Waals surface area (Å²) in [5.74, 6) is 0.790. The molecule has 0 unspecified atom stereocenters. The molecule has 0 aliphatic carbocycles. The predicted octanol–water partition coefficient (Wildman–Crippen LogP) is 5.33. The molecule has 1 aromatic heterocycles. The second kappa shape index (κ2) is 10.0. The molecular formula is C28H33ClFN5O. The zero-order valence-electron chi connectivity index (χ0n) is 20.6. The summed E-state index contributed by atoms with van der Waals surface area (Å²) in [7, 11) is 0. The van der Waals surface area contributed by atoms with Crippen LogP contribution in [0.5, 0.6) is 0 Å². The van der Waals surface area contributed by atoms with Crippen molar-refractivity contribution in [3.8, 4) is 11.4 Å². The van der Waals surface area contributed by atoms with E-state index in [2.05, 4.69) is 24.7 Å². The van der Waals surface area contributed by atoms with Crippen molar-refractivity contribution in [1.82, 2.24) is 19.8 Å². The predicted molar refractivity (Wildman–Crippen MR) is 142 cm³/mol. The van der Waals surface area contributed by atoms with Crippen LogP contribution in [-0.2, 0) is 4.79 Å². The fourth-order valence-electron chi connectivity index (χ4n) is 6.20. The minimum Gasteiger partial charge on any atom is -0.371 e. The highest BCUT2D eigenvalue weighted by Crippen LogP contribution is 2.34. The summed E-state index contributed by atoms with van der Waals surface area (Å²) in [4.78, 5) is 28.1. The van der Waals surface area contributed by atoms with E-state index in [9.17, 15) is 9.18 Å². The lowest BCUT2D eigenvalue weighted by Gasteiger charge is -2.40. The number of imidazole rings is 1. The second-order valence-electron chi connectivity index (χ2n) is 10.5. The van der Waals surface area contributed by atoms with E-state index in [1.165, 1.54) is 38.1 Å². The first-order valence-electron chi connectivity index (χ1n) is 13.3. The summed E-state index contributed by atoms with van der Waals surface area (Å²) in [5, 5.41) is 0.598. The zero-order valence-corrected chi connectivity index (χ0v) is 21.3. The lowest BCUT2D eigenvalue weighted by molar-refractivity contribution is -0.137. The molecule has 3 aliphatic heterocycles. The van der Waals surface area contributed by atoms with Gasteiger partial charge in [0.05, 0.1) is 16.1 Å². The summed E-state index contributed by atoms with van der Waals surface area (Å²) < 4.78 is 13.6. The largest absolute Gasteiger partial charge is 0.371 e. The third kappa shape index (κ3) is 4.71. The Labute approximate surface area is 216 Å². The summed E-state index contributed by atoms with van der Waals surface area (Å²) in [6, 6.07) is 11.2. The lowest BCUT2D eigenvalue weighted by Crippen LogP contribution is -2.49. The smallest absolute Gasteiger partial charge is 0.225 e. The number of nitrogens with one attached hydrogen (secondary N) is 1. The number of carbonyl (C=O) groups is 1. The molecular weight excluding hydrogens is 477 g/mol. The van der Waals surface area contributed by atoms with E-state index in [1.807, 2.05) is 18.2 Å². The number of amides is 1. The van der Waals surface area contributed by atoms with Gasteiger partial charge in [-0.3, -0.25) is 4.79 Å². The molecule has 8 heteroatoms. The lowest BCUT2D eigenvalue weighted by atomic mass is 9.93. The highest BCUT2D eigenvalue weighted by Gasteiger charge is 2.33. The number of anilines is 1. The van der Waals surface area contributed by atoms with Crippen molar-refractivity contribution >= 4 is 34.2 Å². The van der Waals surface area contributed by atoms with Crippen LogP contribution in [0.25, 0.3) is 22.4 Å². The van der Waals surface area contributed by atoms with Crippen molar-refractivity contribution in [2.75, 3.05) is 44.2 Å². The first-order valence-corrected chi connectivity index (χ1v) is 13.7. The first-order chi connectivity index (χ1) is 17.5. The highest BCUT2D eigenvalue weighted by molar-refractivity contribution is 6.33. The maximum atomic E-state index is 13.6. The topological polar surface area (TPSA) is 55.5 Å². The number of aromatic amines is 1. The summed E-state index contributed by atoms with van der Waals surface area (Å²) >= 11 is 6.53. The van der Waals surface area contributed by atoms with Gasteiger partial charge < -0.3 is 19.7 Å². The Morgan fingerprint density at radius 3 is 2.44 bits per heavy atom. The third-order valence-electron chi connectivity index (χ3n) is 8.29. The van der Waals surface area contributed by atoms with E-state index in [1.54, 1.807) is 6.07 Å². The van der Waals surface area contributed by atoms with E-state index in [4.69, 9.17) is 11.6 Å². The average molecular weight is 510 g/mol. The number of halogens is 2. The van der Waals surface area contributed by atoms with Crippen LogP contribution in [0.4, 0.5) is 10.1 Å². The molecule has 6 nitrogen and oxygen atoms in total. The quantitative estimate of drug-likeness (QED) is 0.517. The molecule has 1 amide bonds. The summed E-state index contributed by atoms with van der Waals surface area (Å²) in [6.45, 7) is 5.96. The van der Waals surface area contributed by atoms with Gasteiger partial charge in [-0.25, -0.2) is 9.37 Å². The highest BCUT2D eigenvalue weighted by atomic mass is 35.5. The van der Waals surface area contributed by atoms with Crippen molar-refractivity contribution in [1.29, 1.82) is 0 Å². The van der Waals surface area contributed by atoms with Gasteiger partial charge in [-0.2, -0.15) is 0 Å². The van der Waals surface area contributed by atoms with Crippen LogP contribution in [0.3, 0.4) is 0 Å². The summed E-state index contributed by atoms with van der Waals surface area (Å²) in [6.07, 6.45) is 6.62. The molecule has 3 aliphatic rings. The van der Waals surface area contributed by atoms with Crippen LogP contribution in [0.2, 0.25) is 5.02 Å². The zero-order chi connectivity index (χ0) is 24.6. The van der Waals surface area contributed by atoms with E-state index >= 15 is 0 Å². The molecule has 3 fully saturated rings. The minimum atomic E-state index is -0.300. The van der Waals surface area contributed by atoms with Crippen LogP contribution in [0.15, 0.2) is 36.4 Å². The number of aromatic nitrogens is 2. The molecule has 0 radical (unpaired) electrons. The van der Waals surface area contributed by atoms with Gasteiger partial charge >= 0.3 is 0 Å². The van der Waals surface area contributed by atoms with Crippen LogP contribution >= 0.6 is 11.6 Å². The number of likely N-dealkylation sites (tertiary alicyclic amines) is 2. The third-order valence-corrected chi connectivity index (χ3v) is 8.62. The maximum Gasteiger partial charge on any atom is 0.225 e. The Morgan fingerprint density at radius 1 is 0.944 bits per heavy atom. The van der Waals surface area contributed by atoms with E-state index in [0.717, 1.165) is 63.1 Å². The molecule has 0 spiro atoms. The number of carbonyl (C=O) groups excluding carboxylic acids is 1. The molecule has 2 aromatic carbocycles. The monoisotopic (exact) mass is 509 g/mol. The second-order valence-corrected chi connectivity index (χ2v) is 10.9. The molecule has 6 rings (SSSR count). The Morgan fingerprint density at radius 2 is 1.69 bits per heavy atom. The Bertz CT molecular complexity index is 1240. The van der Waals surface area contributed by atoms with Gasteiger partial charge in [-0.1, -0.05) is 11.6 Å². The van der Waals surface area contributed by atoms with Crippen LogP contribution < -0.4 is 4.90 Å². The molecule has 1 N–H and O–H groups in total. The fraction of sp³-hybridized carbons (Fsp3) is 0.500. The number of nitrogens with zero attached hydrogens (tertiary/aromatic N) is 4. The van der Waals surface area contributed by atoms with Crippen LogP contribution in [0, 0.1) is 11.7 Å². The Kier molecular flexibility index (Phi) is 6.61. The van der Waals surface area contributed by atoms with Crippen LogP contribution in [0.1, 0.15) is 38.5 Å². The first kappa shape index (κ1) is 23.7. The van der Waals surface area contributed by atoms with E-state index in [0.29, 0.717) is 33.8 Å². The van der Waals surface area contributed by atoms with Gasteiger partial charge in [-0.05, 0) is 88.0 Å². The van der Waals surface area contributed by atoms with Crippen molar-refractivity contribution in [2.24, 2.45) is 5.92 Å². The molecule has 3 saturated heterocycles. The number of piperidine rings is 2. The van der Waals surface area contributed by atoms with Crippen LogP contribution in [-0.4, -0.2) is 71.0 Å². The van der Waals surface area contributed by atoms with Gasteiger partial charge in [0.15, 0.2) is 0 Å². The molecule has 190 valence electrons. The number of H-pyrrole nitrogens is 1. The Hall–Kier alpha value is -2.64. The normalized spacial score (nSPS) is 20.5. The standard InChI is InChI=1S/C28H33ClFN5O/c29-24-5-4-22(18-23(24)27-31-25-6-3-20(30)17-26(25)32-27)34-13-7-19(8-14-34)28(36)35-15-9-21(10-16-35)33-11-1-2-12-33/h3-6,17-19,21H,1-2,7-16H2,(H,31,32). The van der Waals surface area contributed by atoms with Crippen molar-refractivity contribution in [2.45, 2.75) is 44.6 Å². The van der Waals surface area contributed by atoms with E-state index in [-0.39, 0.29) is 11.7 Å². The fourth-order valence-corrected chi connectivity index (χ4v) is 6.41. The maximum absolute atomic E-state index is 13.6. The van der Waals surface area contributed by atoms with Crippen molar-refractivity contribution < 1.29 is 9.18 Å². The number of benzene rings is 2. The molecule has 4 heterocycles. The molecule has 3 aromatic rings. The molecule has 0 atom stereocenters. The van der Waals surface area contributed by atoms with Gasteiger partial charge in [-0.15, -0.1) is 0 Å².